The van der Waals surface area contributed by atoms with Gasteiger partial charge in [-0.25, -0.2) is 0 Å². The van der Waals surface area contributed by atoms with Crippen LogP contribution in [0, 0.1) is 0 Å². The number of para-hydroxylation sites is 2. The molecule has 3 heteroatoms. The van der Waals surface area contributed by atoms with Crippen molar-refractivity contribution < 1.29 is 10.2 Å². The third-order valence-electron chi connectivity index (χ3n) is 3.26. The Morgan fingerprint density at radius 1 is 0.524 bits per heavy atom. The van der Waals surface area contributed by atoms with Crippen LogP contribution >= 0.6 is 0 Å². The summed E-state index contributed by atoms with van der Waals surface area (Å²) in [5.74, 6) is 0.592. The first-order valence-electron chi connectivity index (χ1n) is 6.68. The average molecular weight is 338 g/mol. The molecule has 0 aliphatic carbocycles. The van der Waals surface area contributed by atoms with Crippen molar-refractivity contribution in [3.05, 3.63) is 78.9 Å². The SMILES string of the molecule is Oc1ccccc1[As](c1ccccc1)c1ccccc1O. The van der Waals surface area contributed by atoms with E-state index in [0.717, 1.165) is 8.70 Å². The summed E-state index contributed by atoms with van der Waals surface area (Å²) >= 11 is -1.97. The molecular weight excluding hydrogens is 323 g/mol. The number of benzene rings is 3. The predicted molar refractivity (Wildman–Crippen MR) is 87.3 cm³/mol. The monoisotopic (exact) mass is 338 g/mol. The summed E-state index contributed by atoms with van der Waals surface area (Å²) in [4.78, 5) is 0. The van der Waals surface area contributed by atoms with Crippen LogP contribution in [0.15, 0.2) is 78.9 Å². The summed E-state index contributed by atoms with van der Waals surface area (Å²) in [6.07, 6.45) is 0. The van der Waals surface area contributed by atoms with Crippen molar-refractivity contribution in [2.75, 3.05) is 0 Å². The molecule has 3 aromatic rings. The quantitative estimate of drug-likeness (QED) is 0.713. The molecule has 2 nitrogen and oxygen atoms in total. The van der Waals surface area contributed by atoms with Crippen molar-refractivity contribution in [3.63, 3.8) is 0 Å². The molecule has 0 fully saturated rings. The Kier molecular flexibility index (Phi) is 3.98. The Morgan fingerprint density at radius 3 is 1.43 bits per heavy atom. The van der Waals surface area contributed by atoms with E-state index in [0.29, 0.717) is 11.5 Å². The van der Waals surface area contributed by atoms with Crippen LogP contribution in [0.3, 0.4) is 0 Å². The van der Waals surface area contributed by atoms with E-state index < -0.39 is 14.7 Å². The van der Waals surface area contributed by atoms with Gasteiger partial charge in [0, 0.05) is 0 Å². The van der Waals surface area contributed by atoms with E-state index in [-0.39, 0.29) is 0 Å². The van der Waals surface area contributed by atoms with E-state index >= 15 is 0 Å². The molecule has 0 aromatic heterocycles. The number of phenolic OH excluding ortho intramolecular Hbond substituents is 2. The van der Waals surface area contributed by atoms with Gasteiger partial charge in [-0.05, 0) is 0 Å². The van der Waals surface area contributed by atoms with Gasteiger partial charge in [0.25, 0.3) is 0 Å². The zero-order valence-corrected chi connectivity index (χ0v) is 13.2. The summed E-state index contributed by atoms with van der Waals surface area (Å²) in [7, 11) is 0. The standard InChI is InChI=1S/C18H15AsO2/c20-17-12-6-4-10-15(17)19(14-8-2-1-3-9-14)16-11-5-7-13-18(16)21/h1-13,20-21H. The first kappa shape index (κ1) is 13.8. The minimum absolute atomic E-state index is 0.296. The Labute approximate surface area is 128 Å². The Balaban J connectivity index is 2.22. The van der Waals surface area contributed by atoms with Gasteiger partial charge in [-0.2, -0.15) is 0 Å². The van der Waals surface area contributed by atoms with Gasteiger partial charge in [-0.3, -0.25) is 0 Å². The molecule has 0 amide bonds. The van der Waals surface area contributed by atoms with E-state index in [1.165, 1.54) is 4.35 Å². The molecule has 2 N–H and O–H groups in total. The Morgan fingerprint density at radius 2 is 0.952 bits per heavy atom. The summed E-state index contributed by atoms with van der Waals surface area (Å²) in [6, 6.07) is 24.9. The molecule has 0 radical (unpaired) electrons. The molecule has 3 aromatic carbocycles. The summed E-state index contributed by atoms with van der Waals surface area (Å²) in [5.41, 5.74) is 0. The molecule has 0 aliphatic rings. The van der Waals surface area contributed by atoms with E-state index in [9.17, 15) is 10.2 Å². The van der Waals surface area contributed by atoms with Gasteiger partial charge in [0.15, 0.2) is 0 Å². The van der Waals surface area contributed by atoms with Crippen LogP contribution in [0.25, 0.3) is 0 Å². The first-order valence-corrected chi connectivity index (χ1v) is 9.50. The fraction of sp³-hybridized carbons (Fsp3) is 0. The number of phenols is 2. The fourth-order valence-corrected chi connectivity index (χ4v) is 7.25. The second-order valence-electron chi connectivity index (χ2n) is 4.65. The van der Waals surface area contributed by atoms with Crippen molar-refractivity contribution in [2.24, 2.45) is 0 Å². The van der Waals surface area contributed by atoms with Gasteiger partial charge in [0.2, 0.25) is 0 Å². The third-order valence-corrected chi connectivity index (χ3v) is 8.58. The Bertz CT molecular complexity index is 695. The summed E-state index contributed by atoms with van der Waals surface area (Å²) < 4.78 is 3.03. The van der Waals surface area contributed by atoms with Crippen molar-refractivity contribution in [2.45, 2.75) is 0 Å². The van der Waals surface area contributed by atoms with Crippen LogP contribution < -0.4 is 13.1 Å². The van der Waals surface area contributed by atoms with Crippen LogP contribution in [-0.2, 0) is 0 Å². The molecule has 0 saturated carbocycles. The van der Waals surface area contributed by atoms with Gasteiger partial charge in [-0.15, -0.1) is 0 Å². The molecule has 0 atom stereocenters. The van der Waals surface area contributed by atoms with Crippen LogP contribution in [0.4, 0.5) is 0 Å². The van der Waals surface area contributed by atoms with Crippen LogP contribution in [0.2, 0.25) is 0 Å². The fourth-order valence-electron chi connectivity index (χ4n) is 2.29. The maximum atomic E-state index is 10.2. The molecular formula is C18H15AsO2. The van der Waals surface area contributed by atoms with E-state index in [4.69, 9.17) is 0 Å². The zero-order valence-electron chi connectivity index (χ0n) is 11.3. The topological polar surface area (TPSA) is 40.5 Å². The van der Waals surface area contributed by atoms with Crippen LogP contribution in [0.5, 0.6) is 11.5 Å². The van der Waals surface area contributed by atoms with Gasteiger partial charge in [-0.1, -0.05) is 0 Å². The van der Waals surface area contributed by atoms with E-state index in [1.54, 1.807) is 12.1 Å². The number of hydrogen-bond donors (Lipinski definition) is 2. The zero-order chi connectivity index (χ0) is 14.7. The third kappa shape index (κ3) is 2.81. The molecule has 3 rings (SSSR count). The maximum absolute atomic E-state index is 10.2. The normalized spacial score (nSPS) is 10.7. The molecule has 21 heavy (non-hydrogen) atoms. The predicted octanol–water partition coefficient (Wildman–Crippen LogP) is 1.61. The summed E-state index contributed by atoms with van der Waals surface area (Å²) in [6.45, 7) is 0. The van der Waals surface area contributed by atoms with Gasteiger partial charge < -0.3 is 0 Å². The van der Waals surface area contributed by atoms with Crippen LogP contribution in [-0.4, -0.2) is 24.9 Å². The van der Waals surface area contributed by atoms with Gasteiger partial charge in [0.05, 0.1) is 0 Å². The molecule has 0 bridgehead atoms. The van der Waals surface area contributed by atoms with E-state index in [2.05, 4.69) is 12.1 Å². The van der Waals surface area contributed by atoms with Crippen molar-refractivity contribution in [3.8, 4) is 11.5 Å². The van der Waals surface area contributed by atoms with E-state index in [1.807, 2.05) is 54.6 Å². The number of rotatable bonds is 3. The molecule has 0 saturated heterocycles. The molecule has 0 heterocycles. The summed E-state index contributed by atoms with van der Waals surface area (Å²) in [5, 5.41) is 20.5. The number of aromatic hydroxyl groups is 2. The van der Waals surface area contributed by atoms with Crippen molar-refractivity contribution in [1.29, 1.82) is 0 Å². The second kappa shape index (κ2) is 6.07. The molecule has 0 aliphatic heterocycles. The molecule has 0 spiro atoms. The van der Waals surface area contributed by atoms with Gasteiger partial charge in [0.1, 0.15) is 0 Å². The average Bonchev–Trinajstić information content (AvgIpc) is 2.52. The number of hydrogen-bond acceptors (Lipinski definition) is 2. The Hall–Kier alpha value is -2.18. The molecule has 104 valence electrons. The van der Waals surface area contributed by atoms with Crippen LogP contribution in [0.1, 0.15) is 0 Å². The minimum atomic E-state index is -1.97. The van der Waals surface area contributed by atoms with Gasteiger partial charge >= 0.3 is 128 Å². The first-order chi connectivity index (χ1) is 10.3. The molecule has 0 unspecified atom stereocenters. The van der Waals surface area contributed by atoms with Crippen molar-refractivity contribution >= 4 is 27.7 Å². The van der Waals surface area contributed by atoms with Crippen molar-refractivity contribution in [1.82, 2.24) is 0 Å². The second-order valence-corrected chi connectivity index (χ2v) is 9.16.